The van der Waals surface area contributed by atoms with E-state index >= 15 is 0 Å². The number of sulfonamides is 1. The lowest BCUT2D eigenvalue weighted by molar-refractivity contribution is 0.467. The summed E-state index contributed by atoms with van der Waals surface area (Å²) >= 11 is 6.41. The normalized spacial score (nSPS) is 20.7. The average molecular weight is 484 g/mol. The first-order valence-electron chi connectivity index (χ1n) is 11.0. The maximum atomic E-state index is 12.0. The summed E-state index contributed by atoms with van der Waals surface area (Å²) in [6.07, 6.45) is 6.59. The van der Waals surface area contributed by atoms with Gasteiger partial charge in [0.05, 0.1) is 5.75 Å². The highest BCUT2D eigenvalue weighted by molar-refractivity contribution is 7.89. The minimum Gasteiger partial charge on any atom is -0.327 e. The van der Waals surface area contributed by atoms with Crippen molar-refractivity contribution in [1.29, 1.82) is 0 Å². The van der Waals surface area contributed by atoms with Crippen LogP contribution in [-0.2, 0) is 29.3 Å². The molecule has 2 aliphatic carbocycles. The van der Waals surface area contributed by atoms with E-state index in [0.29, 0.717) is 12.5 Å². The summed E-state index contributed by atoms with van der Waals surface area (Å²) in [5.74, 6) is 0.918. The minimum atomic E-state index is -3.12. The fraction of sp³-hybridized carbons (Fsp3) is 0.500. The third-order valence-corrected chi connectivity index (χ3v) is 8.31. The molecule has 0 aromatic heterocycles. The highest BCUT2D eigenvalue weighted by Gasteiger charge is 2.29. The highest BCUT2D eigenvalue weighted by Crippen LogP contribution is 2.35. The van der Waals surface area contributed by atoms with Crippen LogP contribution >= 0.6 is 24.0 Å². The van der Waals surface area contributed by atoms with Gasteiger partial charge in [-0.2, -0.15) is 0 Å². The molecular weight excluding hydrogens is 451 g/mol. The van der Waals surface area contributed by atoms with Crippen molar-refractivity contribution >= 4 is 34.0 Å². The van der Waals surface area contributed by atoms with E-state index in [0.717, 1.165) is 55.5 Å². The first kappa shape index (κ1) is 24.5. The Labute approximate surface area is 197 Å². The Hall–Kier alpha value is -1.11. The zero-order chi connectivity index (χ0) is 21.1. The number of halogens is 2. The van der Waals surface area contributed by atoms with Crippen molar-refractivity contribution in [3.05, 3.63) is 69.7 Å². The van der Waals surface area contributed by atoms with Gasteiger partial charge < -0.3 is 5.73 Å². The molecule has 170 valence electrons. The molecule has 31 heavy (non-hydrogen) atoms. The van der Waals surface area contributed by atoms with Crippen LogP contribution in [0.2, 0.25) is 5.02 Å². The molecule has 2 aromatic rings. The largest absolute Gasteiger partial charge is 0.327 e. The predicted octanol–water partition coefficient (Wildman–Crippen LogP) is 4.62. The number of aryl methyl sites for hydroxylation is 2. The zero-order valence-corrected chi connectivity index (χ0v) is 20.1. The summed E-state index contributed by atoms with van der Waals surface area (Å²) in [6.45, 7) is 0.495. The van der Waals surface area contributed by atoms with Crippen molar-refractivity contribution in [2.45, 2.75) is 56.9 Å². The second kappa shape index (κ2) is 10.7. The first-order chi connectivity index (χ1) is 14.4. The monoisotopic (exact) mass is 482 g/mol. The molecule has 4 nitrogen and oxygen atoms in total. The van der Waals surface area contributed by atoms with Crippen LogP contribution in [0.25, 0.3) is 0 Å². The average Bonchev–Trinajstić information content (AvgIpc) is 3.52. The summed E-state index contributed by atoms with van der Waals surface area (Å²) in [5.41, 5.74) is 11.6. The summed E-state index contributed by atoms with van der Waals surface area (Å²) in [4.78, 5) is 0. The zero-order valence-electron chi connectivity index (χ0n) is 17.7. The molecule has 0 radical (unpaired) electrons. The molecule has 0 spiro atoms. The topological polar surface area (TPSA) is 72.2 Å². The Balaban J connectivity index is 0.00000272. The summed E-state index contributed by atoms with van der Waals surface area (Å²) in [5, 5.41) is 0.798. The van der Waals surface area contributed by atoms with E-state index in [9.17, 15) is 8.42 Å². The predicted molar refractivity (Wildman–Crippen MR) is 131 cm³/mol. The van der Waals surface area contributed by atoms with Gasteiger partial charge in [-0.15, -0.1) is 12.4 Å². The third kappa shape index (κ3) is 6.69. The standard InChI is InChI=1S/C24H31ClN2O2S.ClH/c25-23-6-2-1-5-20(23)15-22-21-14-17(9-10-19(21)11-12-24(22)26)4-3-13-27-30(28,29)16-18-7-8-18;/h1-2,5-6,9-10,14,18,22,24,27H,3-4,7-8,11-13,15-16,26H2;1H. The maximum absolute atomic E-state index is 12.0. The fourth-order valence-electron chi connectivity index (χ4n) is 4.46. The number of hydrogen-bond donors (Lipinski definition) is 2. The minimum absolute atomic E-state index is 0. The number of fused-ring (bicyclic) bond motifs is 1. The lowest BCUT2D eigenvalue weighted by atomic mass is 9.76. The van der Waals surface area contributed by atoms with Gasteiger partial charge in [-0.05, 0) is 79.2 Å². The number of nitrogens with one attached hydrogen (secondary N) is 1. The molecule has 0 amide bonds. The molecule has 2 aromatic carbocycles. The maximum Gasteiger partial charge on any atom is 0.211 e. The van der Waals surface area contributed by atoms with E-state index in [1.807, 2.05) is 18.2 Å². The van der Waals surface area contributed by atoms with Crippen molar-refractivity contribution in [2.75, 3.05) is 12.3 Å². The van der Waals surface area contributed by atoms with Crippen molar-refractivity contribution in [1.82, 2.24) is 4.72 Å². The summed E-state index contributed by atoms with van der Waals surface area (Å²) < 4.78 is 26.8. The Bertz CT molecular complexity index is 993. The second-order valence-electron chi connectivity index (χ2n) is 8.86. The molecule has 0 heterocycles. The smallest absolute Gasteiger partial charge is 0.211 e. The Morgan fingerprint density at radius 2 is 1.87 bits per heavy atom. The van der Waals surface area contributed by atoms with Gasteiger partial charge in [0.15, 0.2) is 0 Å². The van der Waals surface area contributed by atoms with Crippen molar-refractivity contribution in [3.8, 4) is 0 Å². The molecular formula is C24H32Cl2N2O2S. The Morgan fingerprint density at radius 3 is 2.61 bits per heavy atom. The van der Waals surface area contributed by atoms with Gasteiger partial charge in [-0.25, -0.2) is 13.1 Å². The van der Waals surface area contributed by atoms with Gasteiger partial charge in [0.2, 0.25) is 10.0 Å². The summed E-state index contributed by atoms with van der Waals surface area (Å²) in [6, 6.07) is 14.8. The molecule has 7 heteroatoms. The van der Waals surface area contributed by atoms with E-state index in [4.69, 9.17) is 17.3 Å². The van der Waals surface area contributed by atoms with Crippen LogP contribution in [0.1, 0.15) is 53.9 Å². The molecule has 0 bridgehead atoms. The van der Waals surface area contributed by atoms with Crippen molar-refractivity contribution < 1.29 is 8.42 Å². The van der Waals surface area contributed by atoms with Crippen LogP contribution in [-0.4, -0.2) is 26.8 Å². The van der Waals surface area contributed by atoms with Crippen molar-refractivity contribution in [2.24, 2.45) is 11.7 Å². The highest BCUT2D eigenvalue weighted by atomic mass is 35.5. The Kier molecular flexibility index (Phi) is 8.44. The lowest BCUT2D eigenvalue weighted by Crippen LogP contribution is -2.34. The fourth-order valence-corrected chi connectivity index (χ4v) is 6.20. The molecule has 2 unspecified atom stereocenters. The van der Waals surface area contributed by atoms with Gasteiger partial charge in [-0.3, -0.25) is 0 Å². The van der Waals surface area contributed by atoms with E-state index in [1.165, 1.54) is 16.7 Å². The second-order valence-corrected chi connectivity index (χ2v) is 11.1. The molecule has 0 aliphatic heterocycles. The number of hydrogen-bond acceptors (Lipinski definition) is 3. The van der Waals surface area contributed by atoms with Gasteiger partial charge in [0.25, 0.3) is 0 Å². The van der Waals surface area contributed by atoms with E-state index in [1.54, 1.807) is 0 Å². The van der Waals surface area contributed by atoms with Gasteiger partial charge in [0.1, 0.15) is 0 Å². The third-order valence-electron chi connectivity index (χ3n) is 6.39. The van der Waals surface area contributed by atoms with E-state index < -0.39 is 10.0 Å². The number of nitrogens with two attached hydrogens (primary N) is 1. The molecule has 2 atom stereocenters. The van der Waals surface area contributed by atoms with Crippen LogP contribution < -0.4 is 10.5 Å². The summed E-state index contributed by atoms with van der Waals surface area (Å²) in [7, 11) is -3.12. The first-order valence-corrected chi connectivity index (χ1v) is 13.0. The molecule has 0 saturated heterocycles. The van der Waals surface area contributed by atoms with E-state index in [-0.39, 0.29) is 30.1 Å². The van der Waals surface area contributed by atoms with E-state index in [2.05, 4.69) is 29.0 Å². The number of rotatable bonds is 9. The van der Waals surface area contributed by atoms with Gasteiger partial charge in [-0.1, -0.05) is 48.0 Å². The Morgan fingerprint density at radius 1 is 1.10 bits per heavy atom. The molecule has 3 N–H and O–H groups in total. The lowest BCUT2D eigenvalue weighted by Gasteiger charge is -2.32. The van der Waals surface area contributed by atoms with Gasteiger partial charge in [0, 0.05) is 23.5 Å². The molecule has 1 saturated carbocycles. The van der Waals surface area contributed by atoms with Gasteiger partial charge >= 0.3 is 0 Å². The van der Waals surface area contributed by atoms with Crippen LogP contribution in [0.15, 0.2) is 42.5 Å². The molecule has 2 aliphatic rings. The van der Waals surface area contributed by atoms with Crippen LogP contribution in [0, 0.1) is 5.92 Å². The SMILES string of the molecule is Cl.NC1CCc2ccc(CCCNS(=O)(=O)CC3CC3)cc2C1Cc1ccccc1Cl. The van der Waals surface area contributed by atoms with Crippen LogP contribution in [0.4, 0.5) is 0 Å². The number of benzene rings is 2. The van der Waals surface area contributed by atoms with Crippen LogP contribution in [0.5, 0.6) is 0 Å². The molecule has 4 rings (SSSR count). The van der Waals surface area contributed by atoms with Crippen molar-refractivity contribution in [3.63, 3.8) is 0 Å². The van der Waals surface area contributed by atoms with Crippen LogP contribution in [0.3, 0.4) is 0 Å². The molecule has 1 fully saturated rings. The quantitative estimate of drug-likeness (QED) is 0.511.